The molecule has 9 heteroatoms. The minimum Gasteiger partial charge on any atom is -0.486 e. The van der Waals surface area contributed by atoms with Crippen LogP contribution in [0.5, 0.6) is 5.75 Å². The first-order valence-corrected chi connectivity index (χ1v) is 10.8. The van der Waals surface area contributed by atoms with Crippen molar-refractivity contribution in [3.05, 3.63) is 71.1 Å². The van der Waals surface area contributed by atoms with Crippen molar-refractivity contribution >= 4 is 17.7 Å². The number of hydrogen-bond acceptors (Lipinski definition) is 5. The Hall–Kier alpha value is -2.94. The Morgan fingerprint density at radius 3 is 2.48 bits per heavy atom. The first-order valence-electron chi connectivity index (χ1n) is 9.77. The summed E-state index contributed by atoms with van der Waals surface area (Å²) >= 11 is 1.27. The van der Waals surface area contributed by atoms with Crippen LogP contribution in [0.15, 0.2) is 47.6 Å². The van der Waals surface area contributed by atoms with Gasteiger partial charge in [0.15, 0.2) is 17.5 Å². The molecule has 0 N–H and O–H groups in total. The van der Waals surface area contributed by atoms with Crippen LogP contribution >= 0.6 is 11.8 Å². The van der Waals surface area contributed by atoms with Crippen molar-refractivity contribution in [1.82, 2.24) is 14.9 Å². The van der Waals surface area contributed by atoms with E-state index in [9.17, 15) is 13.6 Å². The standard InChI is InChI=1S/C22H22F2N4O2S/c1-22(2,3)15-5-7-16(8-6-15)30-12-19-25-26-21-28(19)27(20(29)13-31-21)11-14-4-9-17(23)18(24)10-14/h4-10H,11-13H2,1-3H3. The zero-order valence-corrected chi connectivity index (χ0v) is 18.2. The van der Waals surface area contributed by atoms with E-state index < -0.39 is 11.6 Å². The molecule has 1 aliphatic heterocycles. The molecule has 2 aromatic carbocycles. The Bertz CT molecular complexity index is 1110. The molecule has 0 aliphatic carbocycles. The molecule has 1 amide bonds. The number of carbonyl (C=O) groups excluding carboxylic acids is 1. The third-order valence-corrected chi connectivity index (χ3v) is 5.84. The summed E-state index contributed by atoms with van der Waals surface area (Å²) in [5.41, 5.74) is 1.70. The second-order valence-electron chi connectivity index (χ2n) is 8.26. The van der Waals surface area contributed by atoms with Crippen molar-refractivity contribution in [2.24, 2.45) is 0 Å². The third-order valence-electron chi connectivity index (χ3n) is 4.94. The molecule has 0 saturated heterocycles. The number of thioether (sulfide) groups is 1. The van der Waals surface area contributed by atoms with Gasteiger partial charge in [0.2, 0.25) is 5.16 Å². The van der Waals surface area contributed by atoms with E-state index in [1.54, 1.807) is 4.68 Å². The molecule has 3 aromatic rings. The molecule has 162 valence electrons. The molecule has 31 heavy (non-hydrogen) atoms. The van der Waals surface area contributed by atoms with Gasteiger partial charge in [-0.3, -0.25) is 4.79 Å². The van der Waals surface area contributed by atoms with E-state index in [0.717, 1.165) is 12.1 Å². The lowest BCUT2D eigenvalue weighted by atomic mass is 9.87. The average molecular weight is 445 g/mol. The summed E-state index contributed by atoms with van der Waals surface area (Å²) in [5.74, 6) is -0.761. The SMILES string of the molecule is CC(C)(C)c1ccc(OCc2nnc3n2N(Cc2ccc(F)c(F)c2)C(=O)CS3)cc1. The van der Waals surface area contributed by atoms with Crippen LogP contribution in [0.3, 0.4) is 0 Å². The van der Waals surface area contributed by atoms with Crippen LogP contribution < -0.4 is 9.75 Å². The normalized spacial score (nSPS) is 14.0. The number of aromatic nitrogens is 3. The maximum absolute atomic E-state index is 13.6. The summed E-state index contributed by atoms with van der Waals surface area (Å²) in [7, 11) is 0. The van der Waals surface area contributed by atoms with Crippen molar-refractivity contribution in [3.63, 3.8) is 0 Å². The summed E-state index contributed by atoms with van der Waals surface area (Å²) in [6.45, 7) is 6.59. The van der Waals surface area contributed by atoms with Gasteiger partial charge in [-0.15, -0.1) is 10.2 Å². The summed E-state index contributed by atoms with van der Waals surface area (Å²) in [4.78, 5) is 12.6. The molecule has 4 rings (SSSR count). The number of amides is 1. The average Bonchev–Trinajstić information content (AvgIpc) is 3.14. The van der Waals surface area contributed by atoms with E-state index >= 15 is 0 Å². The molecule has 0 bridgehead atoms. The van der Waals surface area contributed by atoms with Gasteiger partial charge < -0.3 is 4.74 Å². The molecule has 0 unspecified atom stereocenters. The lowest BCUT2D eigenvalue weighted by molar-refractivity contribution is -0.118. The smallest absolute Gasteiger partial charge is 0.252 e. The van der Waals surface area contributed by atoms with Gasteiger partial charge in [0.25, 0.3) is 5.91 Å². The highest BCUT2D eigenvalue weighted by Gasteiger charge is 2.29. The number of ether oxygens (including phenoxy) is 1. The van der Waals surface area contributed by atoms with Gasteiger partial charge in [-0.05, 0) is 40.8 Å². The summed E-state index contributed by atoms with van der Waals surface area (Å²) in [5, 5.41) is 10.3. The first kappa shape index (κ1) is 21.3. The van der Waals surface area contributed by atoms with Crippen molar-refractivity contribution in [3.8, 4) is 5.75 Å². The van der Waals surface area contributed by atoms with Crippen LogP contribution in [0.4, 0.5) is 8.78 Å². The molecule has 0 radical (unpaired) electrons. The van der Waals surface area contributed by atoms with Gasteiger partial charge in [-0.1, -0.05) is 50.7 Å². The van der Waals surface area contributed by atoms with E-state index in [2.05, 4.69) is 31.0 Å². The Labute approximate surface area is 183 Å². The summed E-state index contributed by atoms with van der Waals surface area (Å²) in [6, 6.07) is 11.4. The number of benzene rings is 2. The van der Waals surface area contributed by atoms with E-state index in [-0.39, 0.29) is 30.2 Å². The number of halogens is 2. The molecule has 1 aliphatic rings. The number of carbonyl (C=O) groups is 1. The fraction of sp³-hybridized carbons (Fsp3) is 0.318. The predicted molar refractivity (Wildman–Crippen MR) is 114 cm³/mol. The van der Waals surface area contributed by atoms with Crippen LogP contribution in [-0.2, 0) is 23.4 Å². The minimum atomic E-state index is -0.956. The number of hydrogen-bond donors (Lipinski definition) is 0. The fourth-order valence-corrected chi connectivity index (χ4v) is 4.03. The van der Waals surface area contributed by atoms with E-state index in [1.807, 2.05) is 24.3 Å². The zero-order valence-electron chi connectivity index (χ0n) is 17.4. The van der Waals surface area contributed by atoms with Crippen LogP contribution in [0.1, 0.15) is 37.7 Å². The Morgan fingerprint density at radius 1 is 1.06 bits per heavy atom. The second-order valence-corrected chi connectivity index (χ2v) is 9.20. The monoisotopic (exact) mass is 444 g/mol. The molecular weight excluding hydrogens is 422 g/mol. The van der Waals surface area contributed by atoms with Crippen molar-refractivity contribution < 1.29 is 18.3 Å². The molecule has 6 nitrogen and oxygen atoms in total. The van der Waals surface area contributed by atoms with Crippen LogP contribution in [0, 0.1) is 11.6 Å². The lowest BCUT2D eigenvalue weighted by Crippen LogP contribution is -2.45. The summed E-state index contributed by atoms with van der Waals surface area (Å²) in [6.07, 6.45) is 0. The maximum atomic E-state index is 13.6. The molecule has 1 aromatic heterocycles. The maximum Gasteiger partial charge on any atom is 0.252 e. The Kier molecular flexibility index (Phi) is 5.70. The fourth-order valence-electron chi connectivity index (χ4n) is 3.20. The van der Waals surface area contributed by atoms with Gasteiger partial charge in [0, 0.05) is 0 Å². The lowest BCUT2D eigenvalue weighted by Gasteiger charge is -2.29. The van der Waals surface area contributed by atoms with Crippen LogP contribution in [0.2, 0.25) is 0 Å². The highest BCUT2D eigenvalue weighted by molar-refractivity contribution is 7.99. The molecule has 0 atom stereocenters. The zero-order chi connectivity index (χ0) is 22.2. The quantitative estimate of drug-likeness (QED) is 0.590. The van der Waals surface area contributed by atoms with Crippen LogP contribution in [0.25, 0.3) is 0 Å². The molecule has 0 spiro atoms. The predicted octanol–water partition coefficient (Wildman–Crippen LogP) is 4.20. The minimum absolute atomic E-state index is 0.0442. The Balaban J connectivity index is 1.54. The Morgan fingerprint density at radius 2 is 1.81 bits per heavy atom. The number of fused-ring (bicyclic) bond motifs is 1. The third kappa shape index (κ3) is 4.56. The molecule has 0 saturated carbocycles. The van der Waals surface area contributed by atoms with E-state index in [0.29, 0.717) is 22.3 Å². The highest BCUT2D eigenvalue weighted by Crippen LogP contribution is 2.27. The van der Waals surface area contributed by atoms with Gasteiger partial charge in [-0.25, -0.2) is 18.5 Å². The van der Waals surface area contributed by atoms with Crippen molar-refractivity contribution in [1.29, 1.82) is 0 Å². The van der Waals surface area contributed by atoms with Crippen LogP contribution in [-0.4, -0.2) is 26.5 Å². The topological polar surface area (TPSA) is 60.3 Å². The second kappa shape index (κ2) is 8.30. The summed E-state index contributed by atoms with van der Waals surface area (Å²) < 4.78 is 34.3. The first-order chi connectivity index (χ1) is 14.7. The van der Waals surface area contributed by atoms with Gasteiger partial charge >= 0.3 is 0 Å². The number of rotatable bonds is 5. The van der Waals surface area contributed by atoms with E-state index in [1.165, 1.54) is 28.4 Å². The van der Waals surface area contributed by atoms with Gasteiger partial charge in [0.05, 0.1) is 12.3 Å². The highest BCUT2D eigenvalue weighted by atomic mass is 32.2. The van der Waals surface area contributed by atoms with Crippen molar-refractivity contribution in [2.45, 2.75) is 44.5 Å². The molecular formula is C22H22F2N4O2S. The van der Waals surface area contributed by atoms with E-state index in [4.69, 9.17) is 4.74 Å². The molecule has 0 fully saturated rings. The van der Waals surface area contributed by atoms with Gasteiger partial charge in [0.1, 0.15) is 12.4 Å². The largest absolute Gasteiger partial charge is 0.486 e. The van der Waals surface area contributed by atoms with Crippen molar-refractivity contribution in [2.75, 3.05) is 10.8 Å². The van der Waals surface area contributed by atoms with Gasteiger partial charge in [-0.2, -0.15) is 0 Å². The molecule has 2 heterocycles. The number of nitrogens with zero attached hydrogens (tertiary/aromatic N) is 4.